The highest BCUT2D eigenvalue weighted by Gasteiger charge is 2.35. The zero-order valence-corrected chi connectivity index (χ0v) is 27.9. The number of benzene rings is 4. The molecule has 0 unspecified atom stereocenters. The van der Waals surface area contributed by atoms with Gasteiger partial charge in [0.15, 0.2) is 0 Å². The minimum Gasteiger partial charge on any atom is -0.354 e. The van der Waals surface area contributed by atoms with Gasteiger partial charge in [0, 0.05) is 29.6 Å². The Bertz CT molecular complexity index is 1710. The Morgan fingerprint density at radius 3 is 2.11 bits per heavy atom. The second kappa shape index (κ2) is 15.4. The molecule has 0 heterocycles. The van der Waals surface area contributed by atoms with Gasteiger partial charge in [0.2, 0.25) is 11.8 Å². The Balaban J connectivity index is 1.82. The van der Waals surface area contributed by atoms with Crippen molar-refractivity contribution in [1.29, 1.82) is 0 Å². The molecule has 0 bridgehead atoms. The third kappa shape index (κ3) is 8.87. The molecule has 236 valence electrons. The van der Waals surface area contributed by atoms with Crippen LogP contribution in [0.4, 0.5) is 5.69 Å². The van der Waals surface area contributed by atoms with Crippen molar-refractivity contribution in [2.75, 3.05) is 17.4 Å². The lowest BCUT2D eigenvalue weighted by Crippen LogP contribution is -2.53. The molecular weight excluding hydrogens is 629 g/mol. The maximum absolute atomic E-state index is 14.5. The molecule has 1 N–H and O–H groups in total. The van der Waals surface area contributed by atoms with E-state index in [1.807, 2.05) is 44.2 Å². The van der Waals surface area contributed by atoms with Crippen molar-refractivity contribution in [2.45, 2.75) is 51.1 Å². The lowest BCUT2D eigenvalue weighted by atomic mass is 10.0. The van der Waals surface area contributed by atoms with Crippen LogP contribution in [0.5, 0.6) is 0 Å². The molecule has 0 saturated carbocycles. The lowest BCUT2D eigenvalue weighted by molar-refractivity contribution is -0.140. The summed E-state index contributed by atoms with van der Waals surface area (Å²) in [6.45, 7) is 5.50. The smallest absolute Gasteiger partial charge is 0.264 e. The maximum atomic E-state index is 14.5. The Hall–Kier alpha value is -3.85. The second-order valence-corrected chi connectivity index (χ2v) is 13.6. The highest BCUT2D eigenvalue weighted by Crippen LogP contribution is 2.30. The minimum absolute atomic E-state index is 0.0334. The Morgan fingerprint density at radius 2 is 1.47 bits per heavy atom. The molecule has 0 aliphatic heterocycles. The summed E-state index contributed by atoms with van der Waals surface area (Å²) in [5.74, 6) is -0.873. The molecular formula is C35H37Cl2N3O4S. The molecule has 4 aromatic carbocycles. The lowest BCUT2D eigenvalue weighted by Gasteiger charge is -2.34. The van der Waals surface area contributed by atoms with E-state index in [9.17, 15) is 18.0 Å². The highest BCUT2D eigenvalue weighted by atomic mass is 35.5. The summed E-state index contributed by atoms with van der Waals surface area (Å²) >= 11 is 12.5. The van der Waals surface area contributed by atoms with Gasteiger partial charge < -0.3 is 10.2 Å². The zero-order chi connectivity index (χ0) is 32.6. The van der Waals surface area contributed by atoms with Crippen molar-refractivity contribution in [3.8, 4) is 0 Å². The molecule has 10 heteroatoms. The van der Waals surface area contributed by atoms with E-state index in [0.717, 1.165) is 21.0 Å². The number of amides is 2. The normalized spacial score (nSPS) is 11.9. The molecule has 1 atom stereocenters. The quantitative estimate of drug-likeness (QED) is 0.167. The van der Waals surface area contributed by atoms with E-state index in [4.69, 9.17) is 23.2 Å². The van der Waals surface area contributed by atoms with Gasteiger partial charge >= 0.3 is 0 Å². The molecule has 0 spiro atoms. The number of hydrogen-bond donors (Lipinski definition) is 1. The van der Waals surface area contributed by atoms with E-state index in [1.54, 1.807) is 55.5 Å². The summed E-state index contributed by atoms with van der Waals surface area (Å²) in [6, 6.07) is 26.9. The first-order chi connectivity index (χ1) is 21.5. The summed E-state index contributed by atoms with van der Waals surface area (Å²) in [4.78, 5) is 29.7. The predicted octanol–water partition coefficient (Wildman–Crippen LogP) is 6.97. The number of hydrogen-bond acceptors (Lipinski definition) is 4. The first-order valence-corrected chi connectivity index (χ1v) is 16.9. The number of anilines is 1. The highest BCUT2D eigenvalue weighted by molar-refractivity contribution is 7.92. The van der Waals surface area contributed by atoms with Gasteiger partial charge in [-0.3, -0.25) is 13.9 Å². The summed E-state index contributed by atoms with van der Waals surface area (Å²) < 4.78 is 29.5. The van der Waals surface area contributed by atoms with Crippen LogP contribution in [0.25, 0.3) is 0 Å². The molecule has 0 fully saturated rings. The molecule has 0 aliphatic rings. The monoisotopic (exact) mass is 665 g/mol. The van der Waals surface area contributed by atoms with Gasteiger partial charge in [0.25, 0.3) is 10.0 Å². The molecule has 0 aliphatic carbocycles. The van der Waals surface area contributed by atoms with Crippen molar-refractivity contribution in [2.24, 2.45) is 0 Å². The fourth-order valence-electron chi connectivity index (χ4n) is 4.91. The molecule has 45 heavy (non-hydrogen) atoms. The number of nitrogens with one attached hydrogen (secondary N) is 1. The van der Waals surface area contributed by atoms with Gasteiger partial charge in [-0.2, -0.15) is 0 Å². The van der Waals surface area contributed by atoms with Crippen LogP contribution in [-0.4, -0.2) is 44.3 Å². The number of carbonyl (C=O) groups excluding carboxylic acids is 2. The average molecular weight is 667 g/mol. The van der Waals surface area contributed by atoms with Crippen LogP contribution in [0.15, 0.2) is 102 Å². The first-order valence-electron chi connectivity index (χ1n) is 14.7. The average Bonchev–Trinajstić information content (AvgIpc) is 3.03. The van der Waals surface area contributed by atoms with E-state index in [1.165, 1.54) is 23.1 Å². The number of aryl methyl sites for hydroxylation is 2. The van der Waals surface area contributed by atoms with Crippen LogP contribution < -0.4 is 9.62 Å². The van der Waals surface area contributed by atoms with Crippen LogP contribution in [0, 0.1) is 13.8 Å². The number of nitrogens with zero attached hydrogens (tertiary/aromatic N) is 2. The third-order valence-electron chi connectivity index (χ3n) is 7.41. The SMILES string of the molecule is CCCNC(=O)[C@@H](Cc1ccccc1)N(Cc1ccc(Cl)cc1)C(=O)CN(c1cc(Cl)ccc1C)S(=O)(=O)c1ccc(C)cc1. The van der Waals surface area contributed by atoms with Crippen molar-refractivity contribution < 1.29 is 18.0 Å². The minimum atomic E-state index is -4.23. The van der Waals surface area contributed by atoms with Crippen LogP contribution in [0.3, 0.4) is 0 Å². The molecule has 4 rings (SSSR count). The molecule has 0 radical (unpaired) electrons. The second-order valence-electron chi connectivity index (χ2n) is 10.9. The summed E-state index contributed by atoms with van der Waals surface area (Å²) in [5, 5.41) is 3.80. The number of rotatable bonds is 13. The van der Waals surface area contributed by atoms with Crippen LogP contribution in [0.1, 0.15) is 35.6 Å². The number of sulfonamides is 1. The van der Waals surface area contributed by atoms with Crippen molar-refractivity contribution >= 4 is 50.7 Å². The van der Waals surface area contributed by atoms with Crippen LogP contribution in [-0.2, 0) is 32.6 Å². The standard InChI is InChI=1S/C35H37Cl2N3O4S/c1-4-20-38-35(42)33(21-27-8-6-5-7-9-27)39(23-28-13-16-29(36)17-14-28)34(41)24-40(32-22-30(37)15-12-26(32)3)45(43,44)31-18-10-25(2)11-19-31/h5-19,22,33H,4,20-21,23-24H2,1-3H3,(H,38,42)/t33-/m1/s1. The topological polar surface area (TPSA) is 86.8 Å². The maximum Gasteiger partial charge on any atom is 0.264 e. The largest absolute Gasteiger partial charge is 0.354 e. The third-order valence-corrected chi connectivity index (χ3v) is 9.68. The Labute approximate surface area is 275 Å². The van der Waals surface area contributed by atoms with Gasteiger partial charge in [-0.05, 0) is 73.4 Å². The van der Waals surface area contributed by atoms with Crippen molar-refractivity contribution in [3.63, 3.8) is 0 Å². The zero-order valence-electron chi connectivity index (χ0n) is 25.5. The van der Waals surface area contributed by atoms with Crippen LogP contribution in [0.2, 0.25) is 10.0 Å². The first kappa shape index (κ1) is 34.0. The molecule has 2 amide bonds. The van der Waals surface area contributed by atoms with E-state index in [0.29, 0.717) is 28.6 Å². The van der Waals surface area contributed by atoms with Gasteiger partial charge in [-0.25, -0.2) is 8.42 Å². The summed E-state index contributed by atoms with van der Waals surface area (Å²) in [6.07, 6.45) is 0.947. The van der Waals surface area contributed by atoms with Crippen molar-refractivity contribution in [3.05, 3.63) is 129 Å². The van der Waals surface area contributed by atoms with E-state index >= 15 is 0 Å². The van der Waals surface area contributed by atoms with Crippen LogP contribution >= 0.6 is 23.2 Å². The fourth-order valence-corrected chi connectivity index (χ4v) is 6.67. The van der Waals surface area contributed by atoms with E-state index in [2.05, 4.69) is 5.32 Å². The number of halogens is 2. The van der Waals surface area contributed by atoms with E-state index < -0.39 is 28.5 Å². The van der Waals surface area contributed by atoms with Gasteiger partial charge in [-0.15, -0.1) is 0 Å². The molecule has 4 aromatic rings. The molecule has 7 nitrogen and oxygen atoms in total. The number of carbonyl (C=O) groups is 2. The van der Waals surface area contributed by atoms with Gasteiger partial charge in [0.05, 0.1) is 10.6 Å². The Kier molecular flexibility index (Phi) is 11.7. The van der Waals surface area contributed by atoms with Gasteiger partial charge in [-0.1, -0.05) is 96.4 Å². The van der Waals surface area contributed by atoms with Gasteiger partial charge in [0.1, 0.15) is 12.6 Å². The van der Waals surface area contributed by atoms with Crippen molar-refractivity contribution in [1.82, 2.24) is 10.2 Å². The summed E-state index contributed by atoms with van der Waals surface area (Å²) in [7, 11) is -4.23. The Morgan fingerprint density at radius 1 is 0.822 bits per heavy atom. The molecule has 0 saturated heterocycles. The predicted molar refractivity (Wildman–Crippen MR) is 181 cm³/mol. The van der Waals surface area contributed by atoms with E-state index in [-0.39, 0.29) is 29.5 Å². The fraction of sp³-hybridized carbons (Fsp3) is 0.257. The summed E-state index contributed by atoms with van der Waals surface area (Å²) in [5.41, 5.74) is 3.39. The molecule has 0 aromatic heterocycles.